The number of hydrogen-bond acceptors (Lipinski definition) is 5. The molecule has 0 fully saturated rings. The van der Waals surface area contributed by atoms with Crippen LogP contribution in [0.4, 0.5) is 21.5 Å². The number of benzene rings is 2. The normalized spacial score (nSPS) is 10.9. The van der Waals surface area contributed by atoms with Crippen molar-refractivity contribution in [2.45, 2.75) is 4.90 Å². The number of nitrogen functional groups attached to an aromatic ring is 1. The quantitative estimate of drug-likeness (QED) is 0.849. The van der Waals surface area contributed by atoms with E-state index in [1.807, 2.05) is 0 Å². The Morgan fingerprint density at radius 1 is 1.29 bits per heavy atom. The number of nitrogens with zero attached hydrogens (tertiary/aromatic N) is 1. The van der Waals surface area contributed by atoms with Crippen LogP contribution in [0.3, 0.4) is 0 Å². The third-order valence-corrected chi connectivity index (χ3v) is 3.99. The van der Waals surface area contributed by atoms with E-state index >= 15 is 0 Å². The third kappa shape index (κ3) is 3.12. The summed E-state index contributed by atoms with van der Waals surface area (Å²) in [4.78, 5) is 0.00937. The first-order valence-corrected chi connectivity index (χ1v) is 7.77. The lowest BCUT2D eigenvalue weighted by atomic mass is 10.2. The topological polar surface area (TPSA) is 96.0 Å². The molecule has 3 N–H and O–H groups in total. The molecule has 2 rings (SSSR count). The monoisotopic (exact) mass is 305 g/mol. The molecule has 0 aliphatic rings. The number of halogens is 1. The number of nitrogens with two attached hydrogens (primary N) is 1. The average Bonchev–Trinajstić information content (AvgIpc) is 2.42. The Bertz CT molecular complexity index is 842. The van der Waals surface area contributed by atoms with Crippen LogP contribution in [0.5, 0.6) is 0 Å². The summed E-state index contributed by atoms with van der Waals surface area (Å²) < 4.78 is 36.5. The Kier molecular flexibility index (Phi) is 3.82. The van der Waals surface area contributed by atoms with Gasteiger partial charge in [0, 0.05) is 11.9 Å². The molecular weight excluding hydrogens is 293 g/mol. The van der Waals surface area contributed by atoms with E-state index in [4.69, 9.17) is 11.0 Å². The molecule has 7 heteroatoms. The van der Waals surface area contributed by atoms with Gasteiger partial charge in [-0.25, -0.2) is 12.8 Å². The van der Waals surface area contributed by atoms with Gasteiger partial charge in [-0.3, -0.25) is 0 Å². The van der Waals surface area contributed by atoms with Gasteiger partial charge in [0.2, 0.25) is 0 Å². The molecule has 0 aromatic heterocycles. The summed E-state index contributed by atoms with van der Waals surface area (Å²) in [6, 6.07) is 10.2. The maximum Gasteiger partial charge on any atom is 0.177 e. The smallest absolute Gasteiger partial charge is 0.177 e. The molecule has 21 heavy (non-hydrogen) atoms. The second-order valence-corrected chi connectivity index (χ2v) is 6.41. The van der Waals surface area contributed by atoms with Crippen molar-refractivity contribution in [1.29, 1.82) is 5.26 Å². The second kappa shape index (κ2) is 5.42. The van der Waals surface area contributed by atoms with E-state index < -0.39 is 15.7 Å². The summed E-state index contributed by atoms with van der Waals surface area (Å²) in [5.41, 5.74) is 6.60. The molecule has 0 radical (unpaired) electrons. The number of hydrogen-bond donors (Lipinski definition) is 2. The fourth-order valence-electron chi connectivity index (χ4n) is 1.82. The number of para-hydroxylation sites is 1. The molecule has 0 unspecified atom stereocenters. The van der Waals surface area contributed by atoms with Crippen molar-refractivity contribution in [2.24, 2.45) is 0 Å². The van der Waals surface area contributed by atoms with E-state index in [1.54, 1.807) is 18.2 Å². The standard InChI is InChI=1S/C14H12FN3O2S/c1-21(19,20)13-4-2-3-12(14(13)17)18-10-5-6-11(15)9(7-10)8-16/h2-7,18H,17H2,1H3. The molecule has 0 heterocycles. The van der Waals surface area contributed by atoms with Crippen LogP contribution in [0.25, 0.3) is 0 Å². The maximum absolute atomic E-state index is 13.3. The number of anilines is 3. The molecule has 0 saturated heterocycles. The van der Waals surface area contributed by atoms with Gasteiger partial charge in [-0.15, -0.1) is 0 Å². The van der Waals surface area contributed by atoms with Crippen molar-refractivity contribution in [3.05, 3.63) is 47.8 Å². The van der Waals surface area contributed by atoms with E-state index in [-0.39, 0.29) is 16.1 Å². The molecule has 2 aromatic carbocycles. The Hall–Kier alpha value is -2.59. The van der Waals surface area contributed by atoms with Crippen LogP contribution in [0.2, 0.25) is 0 Å². The van der Waals surface area contributed by atoms with Gasteiger partial charge in [0.15, 0.2) is 9.84 Å². The van der Waals surface area contributed by atoms with Gasteiger partial charge in [0.05, 0.1) is 21.8 Å². The zero-order valence-corrected chi connectivity index (χ0v) is 11.9. The molecular formula is C14H12FN3O2S. The van der Waals surface area contributed by atoms with Gasteiger partial charge >= 0.3 is 0 Å². The molecule has 108 valence electrons. The largest absolute Gasteiger partial charge is 0.396 e. The highest BCUT2D eigenvalue weighted by Gasteiger charge is 2.14. The van der Waals surface area contributed by atoms with Gasteiger partial charge in [-0.1, -0.05) is 6.07 Å². The fraction of sp³-hybridized carbons (Fsp3) is 0.0714. The van der Waals surface area contributed by atoms with E-state index in [1.165, 1.54) is 18.2 Å². The van der Waals surface area contributed by atoms with Crippen LogP contribution in [0.15, 0.2) is 41.3 Å². The van der Waals surface area contributed by atoms with E-state index in [0.29, 0.717) is 11.4 Å². The van der Waals surface area contributed by atoms with Crippen LogP contribution in [0.1, 0.15) is 5.56 Å². The van der Waals surface area contributed by atoms with Gasteiger partial charge in [-0.05, 0) is 30.3 Å². The maximum atomic E-state index is 13.3. The number of nitrogens with one attached hydrogen (secondary N) is 1. The number of sulfone groups is 1. The fourth-order valence-corrected chi connectivity index (χ4v) is 2.66. The second-order valence-electron chi connectivity index (χ2n) is 4.42. The first-order chi connectivity index (χ1) is 9.82. The van der Waals surface area contributed by atoms with Crippen LogP contribution in [-0.2, 0) is 9.84 Å². The van der Waals surface area contributed by atoms with Gasteiger partial charge in [0.1, 0.15) is 11.9 Å². The molecule has 0 amide bonds. The number of rotatable bonds is 3. The highest BCUT2D eigenvalue weighted by atomic mass is 32.2. The minimum atomic E-state index is -3.45. The lowest BCUT2D eigenvalue weighted by molar-refractivity contribution is 0.602. The lowest BCUT2D eigenvalue weighted by Crippen LogP contribution is -2.05. The highest BCUT2D eigenvalue weighted by Crippen LogP contribution is 2.29. The zero-order valence-electron chi connectivity index (χ0n) is 11.1. The Labute approximate surface area is 121 Å². The summed E-state index contributed by atoms with van der Waals surface area (Å²) in [5.74, 6) is -0.624. The van der Waals surface area contributed by atoms with E-state index in [0.717, 1.165) is 12.3 Å². The van der Waals surface area contributed by atoms with Crippen molar-refractivity contribution < 1.29 is 12.8 Å². The van der Waals surface area contributed by atoms with Crippen LogP contribution in [0, 0.1) is 17.1 Å². The minimum Gasteiger partial charge on any atom is -0.396 e. The van der Waals surface area contributed by atoms with Crippen molar-refractivity contribution in [2.75, 3.05) is 17.3 Å². The first-order valence-electron chi connectivity index (χ1n) is 5.88. The Balaban J connectivity index is 2.44. The average molecular weight is 305 g/mol. The van der Waals surface area contributed by atoms with Gasteiger partial charge in [-0.2, -0.15) is 5.26 Å². The molecule has 0 atom stereocenters. The SMILES string of the molecule is CS(=O)(=O)c1cccc(Nc2ccc(F)c(C#N)c2)c1N. The molecule has 2 aromatic rings. The number of nitriles is 1. The molecule has 0 bridgehead atoms. The van der Waals surface area contributed by atoms with Crippen molar-refractivity contribution in [1.82, 2.24) is 0 Å². The minimum absolute atomic E-state index is 0.00937. The molecule has 5 nitrogen and oxygen atoms in total. The van der Waals surface area contributed by atoms with Crippen LogP contribution in [-0.4, -0.2) is 14.7 Å². The van der Waals surface area contributed by atoms with Gasteiger partial charge in [0.25, 0.3) is 0 Å². The van der Waals surface area contributed by atoms with Gasteiger partial charge < -0.3 is 11.1 Å². The van der Waals surface area contributed by atoms with Crippen molar-refractivity contribution >= 4 is 26.9 Å². The molecule has 0 aliphatic carbocycles. The lowest BCUT2D eigenvalue weighted by Gasteiger charge is -2.12. The van der Waals surface area contributed by atoms with Crippen LogP contribution >= 0.6 is 0 Å². The summed E-state index contributed by atoms with van der Waals surface area (Å²) in [6.07, 6.45) is 1.06. The van der Waals surface area contributed by atoms with E-state index in [9.17, 15) is 12.8 Å². The zero-order chi connectivity index (χ0) is 15.6. The predicted octanol–water partition coefficient (Wildman–Crippen LogP) is 2.43. The highest BCUT2D eigenvalue weighted by molar-refractivity contribution is 7.90. The summed E-state index contributed by atoms with van der Waals surface area (Å²) in [6.45, 7) is 0. The Morgan fingerprint density at radius 3 is 2.62 bits per heavy atom. The summed E-state index contributed by atoms with van der Waals surface area (Å²) in [7, 11) is -3.45. The summed E-state index contributed by atoms with van der Waals surface area (Å²) >= 11 is 0. The third-order valence-electron chi connectivity index (χ3n) is 2.83. The summed E-state index contributed by atoms with van der Waals surface area (Å²) in [5, 5.41) is 11.7. The predicted molar refractivity (Wildman–Crippen MR) is 78.4 cm³/mol. The van der Waals surface area contributed by atoms with Crippen LogP contribution < -0.4 is 11.1 Å². The van der Waals surface area contributed by atoms with E-state index in [2.05, 4.69) is 5.32 Å². The van der Waals surface area contributed by atoms with Crippen molar-refractivity contribution in [3.8, 4) is 6.07 Å². The van der Waals surface area contributed by atoms with Crippen molar-refractivity contribution in [3.63, 3.8) is 0 Å². The molecule has 0 aliphatic heterocycles. The molecule has 0 spiro atoms. The first kappa shape index (κ1) is 14.8. The Morgan fingerprint density at radius 2 is 2.00 bits per heavy atom. The molecule has 0 saturated carbocycles.